The predicted molar refractivity (Wildman–Crippen MR) is 195 cm³/mol. The summed E-state index contributed by atoms with van der Waals surface area (Å²) in [5.41, 5.74) is 2.21. The molecule has 2 aromatic heterocycles. The molecule has 1 amide bonds. The summed E-state index contributed by atoms with van der Waals surface area (Å²) in [7, 11) is 0. The van der Waals surface area contributed by atoms with Gasteiger partial charge in [-0.15, -0.1) is 0 Å². The van der Waals surface area contributed by atoms with Crippen molar-refractivity contribution >= 4 is 44.8 Å². The van der Waals surface area contributed by atoms with E-state index >= 15 is 4.39 Å². The second kappa shape index (κ2) is 15.3. The van der Waals surface area contributed by atoms with E-state index in [0.717, 1.165) is 21.8 Å². The molecule has 2 saturated heterocycles. The van der Waals surface area contributed by atoms with Crippen molar-refractivity contribution in [3.8, 4) is 17.3 Å². The number of carbonyl (C=O) groups excluding carboxylic acids is 1. The Morgan fingerprint density at radius 3 is 2.44 bits per heavy atom. The van der Waals surface area contributed by atoms with E-state index in [9.17, 15) is 27.6 Å². The molecule has 0 bridgehead atoms. The third-order valence-corrected chi connectivity index (χ3v) is 10.8. The zero-order valence-electron chi connectivity index (χ0n) is 29.6. The van der Waals surface area contributed by atoms with E-state index < -0.39 is 42.8 Å². The highest BCUT2D eigenvalue weighted by molar-refractivity contribution is 7.16. The molecule has 282 valence electrons. The number of ether oxygens (including phenoxy) is 1. The van der Waals surface area contributed by atoms with Crippen molar-refractivity contribution in [2.75, 3.05) is 55.6 Å². The number of halogens is 5. The van der Waals surface area contributed by atoms with Gasteiger partial charge in [-0.1, -0.05) is 41.7 Å². The molecular weight excluding hydrogens is 728 g/mol. The summed E-state index contributed by atoms with van der Waals surface area (Å²) in [5, 5.41) is 15.2. The SMILES string of the molecule is CCN(c1nc(-c2ccc(F)cc2)c(C#N)s1)c1c2cc(N3CCN(CC(=O)N4CC(OCc5ccccc5)C4)C(C(F)(F)F)C3)cc(F)c2nn1CC. The zero-order valence-corrected chi connectivity index (χ0v) is 30.4. The smallest absolute Gasteiger partial charge is 0.370 e. The molecule has 7 rings (SSSR count). The molecule has 2 fully saturated rings. The standard InChI is InChI=1S/C38H37F5N8O2S/c1-3-50(37-45-34(31(18-44)54-37)25-10-12-26(39)13-11-25)36-29-16-27(17-30(40)35(29)46-51(36)4-2)47-14-15-48(32(21-47)38(41,42)43)22-33(52)49-19-28(20-49)53-23-24-8-6-5-7-9-24/h5-13,16-17,28,32H,3-4,14-15,19-23H2,1-2H3. The highest BCUT2D eigenvalue weighted by Gasteiger charge is 2.48. The molecular formula is C38H37F5N8O2S. The van der Waals surface area contributed by atoms with Crippen LogP contribution in [0.25, 0.3) is 22.2 Å². The Bertz CT molecular complexity index is 2160. The van der Waals surface area contributed by atoms with Gasteiger partial charge in [0.05, 0.1) is 19.3 Å². The van der Waals surface area contributed by atoms with Crippen molar-refractivity contribution in [3.05, 3.63) is 88.8 Å². The Hall–Kier alpha value is -5.11. The fraction of sp³-hybridized carbons (Fsp3) is 0.368. The Morgan fingerprint density at radius 1 is 1.04 bits per heavy atom. The minimum atomic E-state index is -4.65. The molecule has 0 saturated carbocycles. The van der Waals surface area contributed by atoms with Gasteiger partial charge in [0.25, 0.3) is 0 Å². The molecule has 0 aliphatic carbocycles. The zero-order chi connectivity index (χ0) is 38.1. The molecule has 3 aromatic carbocycles. The maximum Gasteiger partial charge on any atom is 0.405 e. The Balaban J connectivity index is 1.11. The quantitative estimate of drug-likeness (QED) is 0.133. The second-order valence-electron chi connectivity index (χ2n) is 13.2. The minimum Gasteiger partial charge on any atom is -0.370 e. The largest absolute Gasteiger partial charge is 0.405 e. The van der Waals surface area contributed by atoms with Crippen molar-refractivity contribution in [1.82, 2.24) is 24.6 Å². The molecule has 16 heteroatoms. The molecule has 4 heterocycles. The van der Waals surface area contributed by atoms with E-state index in [4.69, 9.17) is 9.72 Å². The first-order valence-corrected chi connectivity index (χ1v) is 18.4. The maximum absolute atomic E-state index is 15.9. The van der Waals surface area contributed by atoms with Crippen LogP contribution in [0.15, 0.2) is 66.7 Å². The van der Waals surface area contributed by atoms with E-state index in [1.165, 1.54) is 40.1 Å². The first kappa shape index (κ1) is 37.2. The van der Waals surface area contributed by atoms with Gasteiger partial charge in [-0.25, -0.2) is 18.4 Å². The van der Waals surface area contributed by atoms with Crippen LogP contribution in [0.2, 0.25) is 0 Å². The van der Waals surface area contributed by atoms with Crippen molar-refractivity contribution in [1.29, 1.82) is 5.26 Å². The third kappa shape index (κ3) is 7.48. The number of aryl methyl sites for hydroxylation is 1. The van der Waals surface area contributed by atoms with Gasteiger partial charge in [0.2, 0.25) is 5.91 Å². The number of hydrogen-bond acceptors (Lipinski definition) is 9. The van der Waals surface area contributed by atoms with E-state index in [1.807, 2.05) is 44.2 Å². The summed E-state index contributed by atoms with van der Waals surface area (Å²) in [4.78, 5) is 24.1. The van der Waals surface area contributed by atoms with Crippen molar-refractivity contribution < 1.29 is 31.5 Å². The number of nitriles is 1. The molecule has 1 atom stereocenters. The minimum absolute atomic E-state index is 0.0436. The molecule has 1 unspecified atom stereocenters. The van der Waals surface area contributed by atoms with Crippen molar-refractivity contribution in [2.45, 2.75) is 45.3 Å². The second-order valence-corrected chi connectivity index (χ2v) is 14.2. The number of thiazole rings is 1. The molecule has 2 aliphatic rings. The van der Waals surface area contributed by atoms with Gasteiger partial charge in [-0.05, 0) is 55.8 Å². The molecule has 0 spiro atoms. The average Bonchev–Trinajstić information content (AvgIpc) is 3.74. The summed E-state index contributed by atoms with van der Waals surface area (Å²) < 4.78 is 80.7. The van der Waals surface area contributed by atoms with Crippen LogP contribution in [0.5, 0.6) is 0 Å². The normalized spacial score (nSPS) is 16.8. The predicted octanol–water partition coefficient (Wildman–Crippen LogP) is 6.97. The fourth-order valence-electron chi connectivity index (χ4n) is 6.89. The van der Waals surface area contributed by atoms with Crippen LogP contribution in [0, 0.1) is 23.0 Å². The number of alkyl halides is 3. The number of rotatable bonds is 11. The van der Waals surface area contributed by atoms with Gasteiger partial charge in [0.1, 0.15) is 39.8 Å². The summed E-state index contributed by atoms with van der Waals surface area (Å²) >= 11 is 1.12. The van der Waals surface area contributed by atoms with Gasteiger partial charge in [0.15, 0.2) is 10.9 Å². The lowest BCUT2D eigenvalue weighted by Gasteiger charge is -2.45. The topological polar surface area (TPSA) is 93.8 Å². The van der Waals surface area contributed by atoms with Gasteiger partial charge < -0.3 is 19.4 Å². The summed E-state index contributed by atoms with van der Waals surface area (Å²) in [6, 6.07) is 18.2. The monoisotopic (exact) mass is 764 g/mol. The molecule has 0 N–H and O–H groups in total. The van der Waals surface area contributed by atoms with Gasteiger partial charge in [0, 0.05) is 62.5 Å². The van der Waals surface area contributed by atoms with Crippen LogP contribution in [0.3, 0.4) is 0 Å². The number of anilines is 3. The molecule has 54 heavy (non-hydrogen) atoms. The first-order chi connectivity index (χ1) is 26.0. The highest BCUT2D eigenvalue weighted by atomic mass is 32.1. The Labute approximate surface area is 312 Å². The lowest BCUT2D eigenvalue weighted by atomic mass is 10.1. The van der Waals surface area contributed by atoms with E-state index in [-0.39, 0.29) is 30.4 Å². The van der Waals surface area contributed by atoms with E-state index in [1.54, 1.807) is 15.6 Å². The van der Waals surface area contributed by atoms with E-state index in [2.05, 4.69) is 11.2 Å². The van der Waals surface area contributed by atoms with Gasteiger partial charge in [-0.2, -0.15) is 23.5 Å². The number of benzene rings is 3. The molecule has 0 radical (unpaired) electrons. The van der Waals surface area contributed by atoms with Crippen molar-refractivity contribution in [2.24, 2.45) is 0 Å². The summed E-state index contributed by atoms with van der Waals surface area (Å²) in [6.07, 6.45) is -4.83. The van der Waals surface area contributed by atoms with Crippen LogP contribution in [-0.2, 0) is 22.7 Å². The number of amides is 1. The Morgan fingerprint density at radius 2 is 1.78 bits per heavy atom. The van der Waals surface area contributed by atoms with Crippen LogP contribution >= 0.6 is 11.3 Å². The van der Waals surface area contributed by atoms with Crippen molar-refractivity contribution in [3.63, 3.8) is 0 Å². The van der Waals surface area contributed by atoms with Crippen LogP contribution < -0.4 is 9.80 Å². The fourth-order valence-corrected chi connectivity index (χ4v) is 7.85. The summed E-state index contributed by atoms with van der Waals surface area (Å²) in [6.45, 7) is 4.56. The molecule has 2 aliphatic heterocycles. The van der Waals surface area contributed by atoms with E-state index in [0.29, 0.717) is 65.3 Å². The van der Waals surface area contributed by atoms with Crippen LogP contribution in [-0.4, -0.2) is 94.6 Å². The lowest BCUT2D eigenvalue weighted by Crippen LogP contribution is -2.63. The van der Waals surface area contributed by atoms with Crippen LogP contribution in [0.1, 0.15) is 24.3 Å². The number of hydrogen-bond donors (Lipinski definition) is 0. The Kier molecular flexibility index (Phi) is 10.6. The summed E-state index contributed by atoms with van der Waals surface area (Å²) in [5.74, 6) is -1.05. The number of carbonyl (C=O) groups is 1. The van der Waals surface area contributed by atoms with Gasteiger partial charge >= 0.3 is 6.18 Å². The maximum atomic E-state index is 15.9. The lowest BCUT2D eigenvalue weighted by molar-refractivity contribution is -0.187. The number of likely N-dealkylation sites (tertiary alicyclic amines) is 1. The number of nitrogens with zero attached hydrogens (tertiary/aromatic N) is 8. The third-order valence-electron chi connectivity index (χ3n) is 9.79. The first-order valence-electron chi connectivity index (χ1n) is 17.6. The van der Waals surface area contributed by atoms with Gasteiger partial charge in [-0.3, -0.25) is 9.69 Å². The number of aromatic nitrogens is 3. The van der Waals surface area contributed by atoms with Crippen LogP contribution in [0.4, 0.5) is 38.6 Å². The highest BCUT2D eigenvalue weighted by Crippen LogP contribution is 2.41. The molecule has 5 aromatic rings. The number of piperazine rings is 1. The average molecular weight is 765 g/mol. The molecule has 10 nitrogen and oxygen atoms in total. The number of fused-ring (bicyclic) bond motifs is 1.